The Hall–Kier alpha value is -2.37. The van der Waals surface area contributed by atoms with Gasteiger partial charge < -0.3 is 20.5 Å². The summed E-state index contributed by atoms with van der Waals surface area (Å²) in [6.07, 6.45) is 2.61. The van der Waals surface area contributed by atoms with E-state index >= 15 is 0 Å². The quantitative estimate of drug-likeness (QED) is 0.744. The molecule has 2 aromatic rings. The van der Waals surface area contributed by atoms with E-state index in [1.165, 1.54) is 11.1 Å². The maximum absolute atomic E-state index is 11.6. The van der Waals surface area contributed by atoms with Crippen LogP contribution in [0.25, 0.3) is 0 Å². The second-order valence-corrected chi connectivity index (χ2v) is 9.85. The number of methoxy groups -OCH3 is 1. The van der Waals surface area contributed by atoms with Gasteiger partial charge in [0.1, 0.15) is 5.75 Å². The first-order valence-electron chi connectivity index (χ1n) is 11.2. The Labute approximate surface area is 185 Å². The standard InChI is InChI=1S/C26H34N2O3/c1-18-16-28(12-11-25(18,2)22-6-4-5-20(13-22)24(27)29)17-26(30)14-21(15-26)19-7-9-23(31-3)10-8-19/h4-10,13,18,21,30H,11-12,14-17H2,1-3H3,(H2,27,29)/t18-,21?,25+,26?/m0/s1. The van der Waals surface area contributed by atoms with Gasteiger partial charge in [0.15, 0.2) is 0 Å². The number of carbonyl (C=O) groups excluding carboxylic acids is 1. The van der Waals surface area contributed by atoms with Gasteiger partial charge in [0.05, 0.1) is 12.7 Å². The first-order chi connectivity index (χ1) is 14.7. The molecule has 0 aromatic heterocycles. The average Bonchev–Trinajstić information content (AvgIpc) is 2.75. The molecule has 0 unspecified atom stereocenters. The molecule has 1 saturated carbocycles. The predicted octanol–water partition coefficient (Wildman–Crippen LogP) is 3.70. The Morgan fingerprint density at radius 2 is 1.94 bits per heavy atom. The lowest BCUT2D eigenvalue weighted by Gasteiger charge is -2.50. The number of rotatable bonds is 6. The number of likely N-dealkylation sites (tertiary alicyclic amines) is 1. The molecule has 31 heavy (non-hydrogen) atoms. The van der Waals surface area contributed by atoms with Gasteiger partial charge in [-0.3, -0.25) is 4.79 Å². The third-order valence-electron chi connectivity index (χ3n) is 7.73. The molecule has 1 saturated heterocycles. The highest BCUT2D eigenvalue weighted by Gasteiger charge is 2.46. The van der Waals surface area contributed by atoms with E-state index in [9.17, 15) is 9.90 Å². The Bertz CT molecular complexity index is 936. The Morgan fingerprint density at radius 1 is 1.23 bits per heavy atom. The number of aliphatic hydroxyl groups is 1. The number of nitrogens with zero attached hydrogens (tertiary/aromatic N) is 1. The van der Waals surface area contributed by atoms with E-state index in [2.05, 4.69) is 36.9 Å². The SMILES string of the molecule is COc1ccc(C2CC(O)(CN3CC[C@@](C)(c4cccc(C(N)=O)c4)[C@@H](C)C3)C2)cc1. The molecule has 5 heteroatoms. The third-order valence-corrected chi connectivity index (χ3v) is 7.73. The number of hydrogen-bond acceptors (Lipinski definition) is 4. The van der Waals surface area contributed by atoms with Crippen LogP contribution in [0.1, 0.15) is 60.5 Å². The highest BCUT2D eigenvalue weighted by Crippen LogP contribution is 2.47. The van der Waals surface area contributed by atoms with Gasteiger partial charge in [-0.1, -0.05) is 38.1 Å². The largest absolute Gasteiger partial charge is 0.497 e. The van der Waals surface area contributed by atoms with Crippen molar-refractivity contribution in [2.24, 2.45) is 11.7 Å². The van der Waals surface area contributed by atoms with Gasteiger partial charge in [-0.15, -0.1) is 0 Å². The number of amides is 1. The number of benzene rings is 2. The summed E-state index contributed by atoms with van der Waals surface area (Å²) in [5.41, 5.74) is 7.91. The summed E-state index contributed by atoms with van der Waals surface area (Å²) >= 11 is 0. The smallest absolute Gasteiger partial charge is 0.248 e. The summed E-state index contributed by atoms with van der Waals surface area (Å²) in [7, 11) is 1.68. The zero-order valence-corrected chi connectivity index (χ0v) is 18.8. The van der Waals surface area contributed by atoms with Crippen molar-refractivity contribution in [2.45, 2.75) is 50.0 Å². The Kier molecular flexibility index (Phi) is 5.84. The summed E-state index contributed by atoms with van der Waals surface area (Å²) in [6, 6.07) is 16.0. The third kappa shape index (κ3) is 4.35. The van der Waals surface area contributed by atoms with Gasteiger partial charge in [0.2, 0.25) is 5.91 Å². The van der Waals surface area contributed by atoms with E-state index in [4.69, 9.17) is 10.5 Å². The lowest BCUT2D eigenvalue weighted by molar-refractivity contribution is -0.0815. The summed E-state index contributed by atoms with van der Waals surface area (Å²) in [4.78, 5) is 14.0. The van der Waals surface area contributed by atoms with Crippen LogP contribution in [-0.2, 0) is 5.41 Å². The molecule has 2 aliphatic rings. The van der Waals surface area contributed by atoms with E-state index in [1.54, 1.807) is 13.2 Å². The lowest BCUT2D eigenvalue weighted by Crippen LogP contribution is -2.56. The maximum Gasteiger partial charge on any atom is 0.248 e. The molecular weight excluding hydrogens is 388 g/mol. The minimum absolute atomic E-state index is 0.00414. The van der Waals surface area contributed by atoms with Crippen LogP contribution in [0.15, 0.2) is 48.5 Å². The van der Waals surface area contributed by atoms with Gasteiger partial charge in [-0.2, -0.15) is 0 Å². The van der Waals surface area contributed by atoms with Gasteiger partial charge in [-0.25, -0.2) is 0 Å². The van der Waals surface area contributed by atoms with E-state index in [0.717, 1.165) is 44.6 Å². The van der Waals surface area contributed by atoms with Gasteiger partial charge in [0.25, 0.3) is 0 Å². The van der Waals surface area contributed by atoms with Crippen molar-refractivity contribution < 1.29 is 14.6 Å². The number of primary amides is 1. The summed E-state index contributed by atoms with van der Waals surface area (Å²) in [5, 5.41) is 11.1. The van der Waals surface area contributed by atoms with Crippen molar-refractivity contribution in [3.05, 3.63) is 65.2 Å². The molecular formula is C26H34N2O3. The number of ether oxygens (including phenoxy) is 1. The predicted molar refractivity (Wildman–Crippen MR) is 122 cm³/mol. The zero-order valence-electron chi connectivity index (χ0n) is 18.8. The van der Waals surface area contributed by atoms with Crippen molar-refractivity contribution in [1.82, 2.24) is 4.90 Å². The van der Waals surface area contributed by atoms with Gasteiger partial charge in [0, 0.05) is 18.7 Å². The van der Waals surface area contributed by atoms with Crippen LogP contribution < -0.4 is 10.5 Å². The Balaban J connectivity index is 1.36. The minimum atomic E-state index is -0.607. The molecule has 1 heterocycles. The zero-order chi connectivity index (χ0) is 22.2. The molecule has 1 amide bonds. The second-order valence-electron chi connectivity index (χ2n) is 9.85. The monoisotopic (exact) mass is 422 g/mol. The summed E-state index contributed by atoms with van der Waals surface area (Å²) < 4.78 is 5.24. The van der Waals surface area contributed by atoms with Crippen molar-refractivity contribution in [3.8, 4) is 5.75 Å². The molecule has 166 valence electrons. The number of hydrogen-bond donors (Lipinski definition) is 2. The van der Waals surface area contributed by atoms with Crippen molar-refractivity contribution in [3.63, 3.8) is 0 Å². The van der Waals surface area contributed by atoms with Crippen LogP contribution in [0.5, 0.6) is 5.75 Å². The number of carbonyl (C=O) groups is 1. The normalized spacial score (nSPS) is 31.1. The lowest BCUT2D eigenvalue weighted by atomic mass is 9.65. The summed E-state index contributed by atoms with van der Waals surface area (Å²) in [5.74, 6) is 1.31. The number of β-amino-alcohol motifs (C(OH)–C–C–N with tert-alkyl or cyclic N) is 1. The highest BCUT2D eigenvalue weighted by molar-refractivity contribution is 5.92. The van der Waals surface area contributed by atoms with Crippen LogP contribution in [-0.4, -0.2) is 48.3 Å². The van der Waals surface area contributed by atoms with Crippen LogP contribution in [0, 0.1) is 5.92 Å². The fraction of sp³-hybridized carbons (Fsp3) is 0.500. The van der Waals surface area contributed by atoms with E-state index in [0.29, 0.717) is 17.4 Å². The first-order valence-corrected chi connectivity index (χ1v) is 11.2. The van der Waals surface area contributed by atoms with Crippen molar-refractivity contribution in [1.29, 1.82) is 0 Å². The molecule has 0 radical (unpaired) electrons. The molecule has 1 aliphatic heterocycles. The van der Waals surface area contributed by atoms with E-state index in [-0.39, 0.29) is 11.3 Å². The highest BCUT2D eigenvalue weighted by atomic mass is 16.5. The van der Waals surface area contributed by atoms with Crippen LogP contribution in [0.4, 0.5) is 0 Å². The van der Waals surface area contributed by atoms with Crippen LogP contribution >= 0.6 is 0 Å². The average molecular weight is 423 g/mol. The molecule has 0 bridgehead atoms. The van der Waals surface area contributed by atoms with E-state index < -0.39 is 5.60 Å². The molecule has 4 rings (SSSR count). The van der Waals surface area contributed by atoms with E-state index in [1.807, 2.05) is 24.3 Å². The molecule has 5 nitrogen and oxygen atoms in total. The van der Waals surface area contributed by atoms with Crippen LogP contribution in [0.3, 0.4) is 0 Å². The first kappa shape index (κ1) is 21.8. The van der Waals surface area contributed by atoms with Crippen LogP contribution in [0.2, 0.25) is 0 Å². The van der Waals surface area contributed by atoms with Gasteiger partial charge in [-0.05, 0) is 78.5 Å². The van der Waals surface area contributed by atoms with Crippen molar-refractivity contribution in [2.75, 3.05) is 26.7 Å². The molecule has 2 aromatic carbocycles. The Morgan fingerprint density at radius 3 is 2.55 bits per heavy atom. The molecule has 3 N–H and O–H groups in total. The molecule has 0 spiro atoms. The minimum Gasteiger partial charge on any atom is -0.497 e. The maximum atomic E-state index is 11.6. The van der Waals surface area contributed by atoms with Crippen molar-refractivity contribution >= 4 is 5.91 Å². The number of piperidine rings is 1. The topological polar surface area (TPSA) is 75.8 Å². The van der Waals surface area contributed by atoms with Gasteiger partial charge >= 0.3 is 0 Å². The molecule has 2 atom stereocenters. The summed E-state index contributed by atoms with van der Waals surface area (Å²) in [6.45, 7) is 7.16. The second kappa shape index (κ2) is 8.29. The molecule has 1 aliphatic carbocycles. The fourth-order valence-corrected chi connectivity index (χ4v) is 5.43. The molecule has 2 fully saturated rings. The fourth-order valence-electron chi connectivity index (χ4n) is 5.43. The number of nitrogens with two attached hydrogens (primary N) is 1.